The smallest absolute Gasteiger partial charge is 0.276 e. The third-order valence-corrected chi connectivity index (χ3v) is 4.77. The van der Waals surface area contributed by atoms with Crippen LogP contribution < -0.4 is 5.32 Å². The maximum absolute atomic E-state index is 12.8. The zero-order valence-electron chi connectivity index (χ0n) is 14.1. The topological polar surface area (TPSA) is 57.8 Å². The standard InChI is InChI=1S/C21H21N3O/c25-21(20-17-11-5-7-13-19(17)23-24-20)22-18-12-6-4-10-16(18)14-15-8-2-1-3-9-15/h1-4,6,8-10,12H,5,7,11,13-14H2,(H,22,25)(H,23,24). The van der Waals surface area contributed by atoms with Crippen LogP contribution in [0, 0.1) is 0 Å². The average molecular weight is 331 g/mol. The van der Waals surface area contributed by atoms with Crippen molar-refractivity contribution in [2.45, 2.75) is 32.1 Å². The first-order valence-electron chi connectivity index (χ1n) is 8.80. The summed E-state index contributed by atoms with van der Waals surface area (Å²) in [5, 5.41) is 10.4. The molecule has 0 spiro atoms. The van der Waals surface area contributed by atoms with Crippen LogP contribution in [0.2, 0.25) is 0 Å². The number of hydrogen-bond donors (Lipinski definition) is 2. The number of para-hydroxylation sites is 1. The second-order valence-electron chi connectivity index (χ2n) is 6.51. The number of hydrogen-bond acceptors (Lipinski definition) is 2. The molecule has 0 unspecified atom stereocenters. The number of H-pyrrole nitrogens is 1. The molecule has 25 heavy (non-hydrogen) atoms. The first kappa shape index (κ1) is 15.6. The van der Waals surface area contributed by atoms with Gasteiger partial charge in [0.15, 0.2) is 5.69 Å². The Hall–Kier alpha value is -2.88. The fourth-order valence-corrected chi connectivity index (χ4v) is 3.46. The highest BCUT2D eigenvalue weighted by molar-refractivity contribution is 6.04. The van der Waals surface area contributed by atoms with Crippen molar-refractivity contribution < 1.29 is 4.79 Å². The van der Waals surface area contributed by atoms with Crippen LogP contribution in [0.5, 0.6) is 0 Å². The third kappa shape index (κ3) is 3.33. The van der Waals surface area contributed by atoms with E-state index in [0.29, 0.717) is 5.69 Å². The fourth-order valence-electron chi connectivity index (χ4n) is 3.46. The van der Waals surface area contributed by atoms with E-state index in [1.54, 1.807) is 0 Å². The molecule has 1 aliphatic rings. The highest BCUT2D eigenvalue weighted by Gasteiger charge is 2.22. The van der Waals surface area contributed by atoms with E-state index < -0.39 is 0 Å². The van der Waals surface area contributed by atoms with E-state index in [4.69, 9.17) is 0 Å². The number of aromatic amines is 1. The van der Waals surface area contributed by atoms with E-state index >= 15 is 0 Å². The summed E-state index contributed by atoms with van der Waals surface area (Å²) in [6.07, 6.45) is 4.99. The van der Waals surface area contributed by atoms with Gasteiger partial charge in [0.05, 0.1) is 0 Å². The van der Waals surface area contributed by atoms with Gasteiger partial charge in [-0.25, -0.2) is 0 Å². The van der Waals surface area contributed by atoms with Gasteiger partial charge in [-0.3, -0.25) is 9.89 Å². The summed E-state index contributed by atoms with van der Waals surface area (Å²) in [5.74, 6) is -0.125. The number of benzene rings is 2. The highest BCUT2D eigenvalue weighted by atomic mass is 16.1. The van der Waals surface area contributed by atoms with E-state index in [9.17, 15) is 4.79 Å². The van der Waals surface area contributed by atoms with Gasteiger partial charge in [-0.05, 0) is 49.3 Å². The molecule has 1 heterocycles. The molecule has 4 nitrogen and oxygen atoms in total. The van der Waals surface area contributed by atoms with Crippen molar-refractivity contribution >= 4 is 11.6 Å². The maximum atomic E-state index is 12.8. The predicted octanol–water partition coefficient (Wildman–Crippen LogP) is 4.13. The zero-order valence-corrected chi connectivity index (χ0v) is 14.1. The number of rotatable bonds is 4. The Labute approximate surface area is 147 Å². The van der Waals surface area contributed by atoms with Crippen LogP contribution in [0.1, 0.15) is 45.7 Å². The molecule has 1 amide bonds. The number of carbonyl (C=O) groups is 1. The maximum Gasteiger partial charge on any atom is 0.276 e. The minimum atomic E-state index is -0.125. The number of carbonyl (C=O) groups excluding carboxylic acids is 1. The van der Waals surface area contributed by atoms with Gasteiger partial charge >= 0.3 is 0 Å². The van der Waals surface area contributed by atoms with Crippen molar-refractivity contribution in [2.75, 3.05) is 5.32 Å². The fraction of sp³-hybridized carbons (Fsp3) is 0.238. The second kappa shape index (κ2) is 6.93. The number of fused-ring (bicyclic) bond motifs is 1. The Morgan fingerprint density at radius 3 is 2.64 bits per heavy atom. The number of amides is 1. The minimum absolute atomic E-state index is 0.125. The van der Waals surface area contributed by atoms with Gasteiger partial charge in [0, 0.05) is 16.9 Å². The van der Waals surface area contributed by atoms with E-state index in [-0.39, 0.29) is 5.91 Å². The molecule has 2 aromatic carbocycles. The molecule has 0 atom stereocenters. The Balaban J connectivity index is 1.57. The van der Waals surface area contributed by atoms with Crippen LogP contribution in [0.3, 0.4) is 0 Å². The Morgan fingerprint density at radius 1 is 1.00 bits per heavy atom. The van der Waals surface area contributed by atoms with Gasteiger partial charge in [-0.2, -0.15) is 5.10 Å². The van der Waals surface area contributed by atoms with Crippen LogP contribution >= 0.6 is 0 Å². The first-order chi connectivity index (χ1) is 12.3. The molecule has 0 saturated carbocycles. The van der Waals surface area contributed by atoms with Crippen molar-refractivity contribution in [3.63, 3.8) is 0 Å². The van der Waals surface area contributed by atoms with Gasteiger partial charge in [0.1, 0.15) is 0 Å². The lowest BCUT2D eigenvalue weighted by atomic mass is 9.95. The molecular formula is C21H21N3O. The van der Waals surface area contributed by atoms with Gasteiger partial charge < -0.3 is 5.32 Å². The van der Waals surface area contributed by atoms with E-state index in [0.717, 1.165) is 54.6 Å². The van der Waals surface area contributed by atoms with Crippen LogP contribution in [0.25, 0.3) is 0 Å². The third-order valence-electron chi connectivity index (χ3n) is 4.77. The molecule has 3 aromatic rings. The van der Waals surface area contributed by atoms with E-state index in [1.165, 1.54) is 5.56 Å². The molecule has 0 radical (unpaired) electrons. The van der Waals surface area contributed by atoms with Crippen LogP contribution in [-0.4, -0.2) is 16.1 Å². The van der Waals surface area contributed by atoms with Crippen LogP contribution in [0.4, 0.5) is 5.69 Å². The molecule has 0 bridgehead atoms. The molecule has 0 saturated heterocycles. The van der Waals surface area contributed by atoms with Gasteiger partial charge in [0.2, 0.25) is 0 Å². The second-order valence-corrected chi connectivity index (χ2v) is 6.51. The van der Waals surface area contributed by atoms with Crippen molar-refractivity contribution in [1.82, 2.24) is 10.2 Å². The minimum Gasteiger partial charge on any atom is -0.320 e. The van der Waals surface area contributed by atoms with Crippen LogP contribution in [-0.2, 0) is 19.3 Å². The number of nitrogens with zero attached hydrogens (tertiary/aromatic N) is 1. The van der Waals surface area contributed by atoms with Crippen LogP contribution in [0.15, 0.2) is 54.6 Å². The molecule has 0 fully saturated rings. The number of anilines is 1. The lowest BCUT2D eigenvalue weighted by molar-refractivity contribution is 0.102. The quantitative estimate of drug-likeness (QED) is 0.755. The summed E-state index contributed by atoms with van der Waals surface area (Å²) >= 11 is 0. The average Bonchev–Trinajstić information content (AvgIpc) is 3.08. The predicted molar refractivity (Wildman–Crippen MR) is 98.9 cm³/mol. The number of nitrogens with one attached hydrogen (secondary N) is 2. The molecule has 0 aliphatic heterocycles. The molecule has 4 rings (SSSR count). The first-order valence-corrected chi connectivity index (χ1v) is 8.80. The van der Waals surface area contributed by atoms with Crippen molar-refractivity contribution in [3.8, 4) is 0 Å². The monoisotopic (exact) mass is 331 g/mol. The lowest BCUT2D eigenvalue weighted by Gasteiger charge is -2.13. The summed E-state index contributed by atoms with van der Waals surface area (Å²) < 4.78 is 0. The normalized spacial score (nSPS) is 13.3. The lowest BCUT2D eigenvalue weighted by Crippen LogP contribution is -2.16. The molecule has 1 aliphatic carbocycles. The molecule has 2 N–H and O–H groups in total. The summed E-state index contributed by atoms with van der Waals surface area (Å²) in [5.41, 5.74) is 5.93. The SMILES string of the molecule is O=C(Nc1ccccc1Cc1ccccc1)c1n[nH]c2c1CCCC2. The number of aryl methyl sites for hydroxylation is 1. The summed E-state index contributed by atoms with van der Waals surface area (Å²) in [6, 6.07) is 18.2. The summed E-state index contributed by atoms with van der Waals surface area (Å²) in [7, 11) is 0. The molecular weight excluding hydrogens is 310 g/mol. The Bertz CT molecular complexity index is 883. The molecule has 126 valence electrons. The summed E-state index contributed by atoms with van der Waals surface area (Å²) in [4.78, 5) is 12.8. The number of aromatic nitrogens is 2. The van der Waals surface area contributed by atoms with Gasteiger partial charge in [-0.15, -0.1) is 0 Å². The van der Waals surface area contributed by atoms with E-state index in [1.807, 2.05) is 36.4 Å². The zero-order chi connectivity index (χ0) is 17.1. The largest absolute Gasteiger partial charge is 0.320 e. The highest BCUT2D eigenvalue weighted by Crippen LogP contribution is 2.24. The van der Waals surface area contributed by atoms with Crippen molar-refractivity contribution in [2.24, 2.45) is 0 Å². The Morgan fingerprint density at radius 2 is 1.76 bits per heavy atom. The summed E-state index contributed by atoms with van der Waals surface area (Å²) in [6.45, 7) is 0. The van der Waals surface area contributed by atoms with Gasteiger partial charge in [-0.1, -0.05) is 48.5 Å². The van der Waals surface area contributed by atoms with Crippen molar-refractivity contribution in [3.05, 3.63) is 82.7 Å². The van der Waals surface area contributed by atoms with Gasteiger partial charge in [0.25, 0.3) is 5.91 Å². The van der Waals surface area contributed by atoms with E-state index in [2.05, 4.69) is 33.7 Å². The van der Waals surface area contributed by atoms with Crippen molar-refractivity contribution in [1.29, 1.82) is 0 Å². The molecule has 4 heteroatoms. The Kier molecular flexibility index (Phi) is 4.34. The molecule has 1 aromatic heterocycles.